The summed E-state index contributed by atoms with van der Waals surface area (Å²) in [6.45, 7) is 1.31. The quantitative estimate of drug-likeness (QED) is 0.637. The Bertz CT molecular complexity index is 1290. The second-order valence-corrected chi connectivity index (χ2v) is 9.79. The van der Waals surface area contributed by atoms with Crippen LogP contribution in [0.4, 0.5) is 11.4 Å². The van der Waals surface area contributed by atoms with Crippen molar-refractivity contribution in [2.75, 3.05) is 28.7 Å². The van der Waals surface area contributed by atoms with Crippen LogP contribution >= 0.6 is 0 Å². The van der Waals surface area contributed by atoms with Crippen molar-refractivity contribution in [1.82, 2.24) is 0 Å². The lowest BCUT2D eigenvalue weighted by molar-refractivity contribution is -0.114. The fourth-order valence-electron chi connectivity index (χ4n) is 4.22. The van der Waals surface area contributed by atoms with Gasteiger partial charge in [-0.3, -0.25) is 9.10 Å². The van der Waals surface area contributed by atoms with Crippen LogP contribution in [-0.2, 0) is 27.7 Å². The summed E-state index contributed by atoms with van der Waals surface area (Å²) in [4.78, 5) is 12.9. The maximum atomic E-state index is 12.9. The number of carbonyl (C=O) groups is 1. The number of hydrogen-bond acceptors (Lipinski definition) is 5. The smallest absolute Gasteiger partial charge is 0.245 e. The third-order valence-corrected chi connectivity index (χ3v) is 7.52. The molecular formula is C23H22N2O5S. The number of amides is 1. The zero-order chi connectivity index (χ0) is 21.6. The monoisotopic (exact) mass is 438 g/mol. The number of fused-ring (bicyclic) bond motifs is 1. The Morgan fingerprint density at radius 2 is 1.81 bits per heavy atom. The van der Waals surface area contributed by atoms with Gasteiger partial charge in [-0.1, -0.05) is 24.3 Å². The Labute approximate surface area is 180 Å². The average molecular weight is 439 g/mol. The van der Waals surface area contributed by atoms with Crippen LogP contribution in [0.15, 0.2) is 48.5 Å². The highest BCUT2D eigenvalue weighted by Crippen LogP contribution is 2.37. The molecule has 8 heteroatoms. The largest absolute Gasteiger partial charge is 0.454 e. The first-order chi connectivity index (χ1) is 15.0. The molecule has 5 rings (SSSR count). The normalized spacial score (nSPS) is 14.1. The van der Waals surface area contributed by atoms with Crippen molar-refractivity contribution in [1.29, 1.82) is 0 Å². The minimum absolute atomic E-state index is 0.0882. The van der Waals surface area contributed by atoms with Gasteiger partial charge in [-0.15, -0.1) is 0 Å². The lowest BCUT2D eigenvalue weighted by Gasteiger charge is -2.23. The predicted octanol–water partition coefficient (Wildman–Crippen LogP) is 3.46. The van der Waals surface area contributed by atoms with Gasteiger partial charge in [0.2, 0.25) is 22.7 Å². The van der Waals surface area contributed by atoms with Crippen LogP contribution < -0.4 is 19.1 Å². The van der Waals surface area contributed by atoms with E-state index < -0.39 is 15.9 Å². The first-order valence-electron chi connectivity index (χ1n) is 10.2. The van der Waals surface area contributed by atoms with Crippen molar-refractivity contribution < 1.29 is 22.7 Å². The minimum Gasteiger partial charge on any atom is -0.454 e. The molecule has 1 N–H and O–H groups in total. The van der Waals surface area contributed by atoms with Crippen molar-refractivity contribution in [3.05, 3.63) is 59.7 Å². The molecule has 2 aliphatic rings. The Balaban J connectivity index is 1.44. The highest BCUT2D eigenvalue weighted by Gasteiger charge is 2.26. The fourth-order valence-corrected chi connectivity index (χ4v) is 5.28. The van der Waals surface area contributed by atoms with Crippen molar-refractivity contribution in [3.8, 4) is 11.5 Å². The van der Waals surface area contributed by atoms with Crippen molar-refractivity contribution >= 4 is 38.1 Å². The summed E-state index contributed by atoms with van der Waals surface area (Å²) in [5.41, 5.74) is 3.60. The summed E-state index contributed by atoms with van der Waals surface area (Å²) in [5.74, 6) is 0.473. The van der Waals surface area contributed by atoms with E-state index in [2.05, 4.69) is 11.4 Å². The second kappa shape index (κ2) is 7.46. The summed E-state index contributed by atoms with van der Waals surface area (Å²) in [5, 5.41) is 5.08. The Morgan fingerprint density at radius 1 is 1.03 bits per heavy atom. The van der Waals surface area contributed by atoms with E-state index in [1.807, 2.05) is 24.3 Å². The number of hydrogen-bond donors (Lipinski definition) is 1. The zero-order valence-corrected chi connectivity index (χ0v) is 17.9. The van der Waals surface area contributed by atoms with Crippen LogP contribution in [-0.4, -0.2) is 33.4 Å². The van der Waals surface area contributed by atoms with Gasteiger partial charge >= 0.3 is 0 Å². The number of carbonyl (C=O) groups excluding carboxylic acids is 1. The molecule has 0 saturated heterocycles. The van der Waals surface area contributed by atoms with Gasteiger partial charge in [0.15, 0.2) is 11.5 Å². The molecule has 3 aromatic carbocycles. The van der Waals surface area contributed by atoms with Gasteiger partial charge in [-0.2, -0.15) is 0 Å². The van der Waals surface area contributed by atoms with E-state index in [4.69, 9.17) is 9.47 Å². The molecule has 0 atom stereocenters. The van der Waals surface area contributed by atoms with Gasteiger partial charge in [0.25, 0.3) is 0 Å². The Morgan fingerprint density at radius 3 is 2.61 bits per heavy atom. The first-order valence-corrected chi connectivity index (χ1v) is 11.8. The molecule has 1 heterocycles. The maximum absolute atomic E-state index is 12.9. The van der Waals surface area contributed by atoms with E-state index in [1.165, 1.54) is 16.5 Å². The molecule has 7 nitrogen and oxygen atoms in total. The first kappa shape index (κ1) is 19.7. The average Bonchev–Trinajstić information content (AvgIpc) is 3.41. The van der Waals surface area contributed by atoms with Crippen LogP contribution in [0, 0.1) is 0 Å². The molecule has 3 aromatic rings. The third-order valence-electron chi connectivity index (χ3n) is 5.78. The van der Waals surface area contributed by atoms with Gasteiger partial charge in [-0.25, -0.2) is 8.42 Å². The molecule has 0 aromatic heterocycles. The Hall–Kier alpha value is -3.26. The molecule has 31 heavy (non-hydrogen) atoms. The van der Waals surface area contributed by atoms with Gasteiger partial charge in [-0.05, 0) is 54.5 Å². The number of benzene rings is 3. The molecule has 0 radical (unpaired) electrons. The van der Waals surface area contributed by atoms with Crippen molar-refractivity contribution in [3.63, 3.8) is 0 Å². The SMILES string of the molecule is CCS(=O)(=O)N(CC(=O)Nc1ccc2c3c(cccc13)CC2)c1ccc2c(c1)OCO2. The summed E-state index contributed by atoms with van der Waals surface area (Å²) < 4.78 is 37.3. The molecule has 0 fully saturated rings. The van der Waals surface area contributed by atoms with E-state index in [1.54, 1.807) is 25.1 Å². The van der Waals surface area contributed by atoms with Crippen LogP contribution in [0.2, 0.25) is 0 Å². The topological polar surface area (TPSA) is 84.9 Å². The molecule has 0 spiro atoms. The van der Waals surface area contributed by atoms with E-state index >= 15 is 0 Å². The van der Waals surface area contributed by atoms with Crippen molar-refractivity contribution in [2.24, 2.45) is 0 Å². The van der Waals surface area contributed by atoms with Gasteiger partial charge in [0.1, 0.15) is 6.54 Å². The molecule has 0 unspecified atom stereocenters. The van der Waals surface area contributed by atoms with E-state index in [0.29, 0.717) is 22.9 Å². The lowest BCUT2D eigenvalue weighted by atomic mass is 10.0. The second-order valence-electron chi connectivity index (χ2n) is 7.60. The molecule has 1 amide bonds. The van der Waals surface area contributed by atoms with Crippen LogP contribution in [0.25, 0.3) is 10.8 Å². The zero-order valence-electron chi connectivity index (χ0n) is 17.1. The van der Waals surface area contributed by atoms with E-state index in [9.17, 15) is 13.2 Å². The standard InChI is InChI=1S/C23H22N2O5S/c1-2-31(27,28)25(17-9-11-20-21(12-17)30-14-29-20)13-22(26)24-19-10-8-16-7-6-15-4-3-5-18(19)23(15)16/h3-5,8-12H,2,6-7,13-14H2,1H3,(H,24,26). The maximum Gasteiger partial charge on any atom is 0.245 e. The minimum atomic E-state index is -3.69. The van der Waals surface area contributed by atoms with E-state index in [0.717, 1.165) is 22.5 Å². The predicted molar refractivity (Wildman–Crippen MR) is 119 cm³/mol. The fraction of sp³-hybridized carbons (Fsp3) is 0.261. The highest BCUT2D eigenvalue weighted by atomic mass is 32.2. The molecule has 0 saturated carbocycles. The molecule has 0 bridgehead atoms. The van der Waals surface area contributed by atoms with Crippen LogP contribution in [0.1, 0.15) is 18.1 Å². The lowest BCUT2D eigenvalue weighted by Crippen LogP contribution is -2.39. The summed E-state index contributed by atoms with van der Waals surface area (Å²) >= 11 is 0. The van der Waals surface area contributed by atoms with Crippen LogP contribution in [0.3, 0.4) is 0 Å². The molecule has 1 aliphatic carbocycles. The number of nitrogens with one attached hydrogen (secondary N) is 1. The molecule has 160 valence electrons. The number of rotatable bonds is 6. The number of sulfonamides is 1. The number of nitrogens with zero attached hydrogens (tertiary/aromatic N) is 1. The number of aryl methyl sites for hydroxylation is 2. The van der Waals surface area contributed by atoms with E-state index in [-0.39, 0.29) is 19.1 Å². The Kier molecular flexibility index (Phi) is 4.74. The van der Waals surface area contributed by atoms with Crippen LogP contribution in [0.5, 0.6) is 11.5 Å². The van der Waals surface area contributed by atoms with Gasteiger partial charge in [0, 0.05) is 17.1 Å². The van der Waals surface area contributed by atoms with Gasteiger partial charge < -0.3 is 14.8 Å². The number of ether oxygens (including phenoxy) is 2. The molecular weight excluding hydrogens is 416 g/mol. The number of anilines is 2. The van der Waals surface area contributed by atoms with Gasteiger partial charge in [0.05, 0.1) is 11.4 Å². The van der Waals surface area contributed by atoms with Crippen molar-refractivity contribution in [2.45, 2.75) is 19.8 Å². The third kappa shape index (κ3) is 3.46. The summed E-state index contributed by atoms with van der Waals surface area (Å²) in [6, 6.07) is 14.9. The molecule has 1 aliphatic heterocycles. The summed E-state index contributed by atoms with van der Waals surface area (Å²) in [6.07, 6.45) is 1.99. The summed E-state index contributed by atoms with van der Waals surface area (Å²) in [7, 11) is -3.69. The highest BCUT2D eigenvalue weighted by molar-refractivity contribution is 7.92.